The Kier molecular flexibility index (Phi) is 4.22. The minimum absolute atomic E-state index is 0.0107. The molecule has 0 atom stereocenters. The van der Waals surface area contributed by atoms with Crippen LogP contribution in [0.25, 0.3) is 15.9 Å². The molecule has 0 radical (unpaired) electrons. The van der Waals surface area contributed by atoms with E-state index in [9.17, 15) is 22.8 Å². The van der Waals surface area contributed by atoms with Crippen molar-refractivity contribution in [1.29, 1.82) is 0 Å². The van der Waals surface area contributed by atoms with Gasteiger partial charge in [0.2, 0.25) is 0 Å². The molecule has 0 aromatic carbocycles. The van der Waals surface area contributed by atoms with Gasteiger partial charge in [-0.3, -0.25) is 9.59 Å². The number of hydrogen-bond donors (Lipinski definition) is 2. The first kappa shape index (κ1) is 18.8. The van der Waals surface area contributed by atoms with Gasteiger partial charge in [0.15, 0.2) is 5.65 Å². The molecule has 4 aromatic heterocycles. The molecule has 2 amide bonds. The predicted octanol–water partition coefficient (Wildman–Crippen LogP) is 3.02. The van der Waals surface area contributed by atoms with Crippen molar-refractivity contribution >= 4 is 44.7 Å². The Labute approximate surface area is 164 Å². The maximum absolute atomic E-state index is 13.1. The molecule has 29 heavy (non-hydrogen) atoms. The number of anilines is 1. The van der Waals surface area contributed by atoms with Gasteiger partial charge in [-0.2, -0.15) is 18.3 Å². The predicted molar refractivity (Wildman–Crippen MR) is 98.8 cm³/mol. The number of nitrogens with two attached hydrogens (primary N) is 1. The normalized spacial score (nSPS) is 11.9. The molecule has 148 valence electrons. The highest BCUT2D eigenvalue weighted by Crippen LogP contribution is 2.39. The number of nitrogens with one attached hydrogen (secondary N) is 1. The summed E-state index contributed by atoms with van der Waals surface area (Å²) in [6.07, 6.45) is -0.277. The molecule has 4 heterocycles. The van der Waals surface area contributed by atoms with E-state index in [1.807, 2.05) is 0 Å². The molecule has 0 unspecified atom stereocenters. The lowest BCUT2D eigenvalue weighted by Gasteiger charge is -2.09. The first-order valence-electron chi connectivity index (χ1n) is 8.07. The van der Waals surface area contributed by atoms with Crippen LogP contribution in [0.5, 0.6) is 0 Å². The number of rotatable bonds is 3. The molecular formula is C17H11F3N6O2S. The average Bonchev–Trinajstić information content (AvgIpc) is 3.23. The molecule has 8 nitrogen and oxygen atoms in total. The van der Waals surface area contributed by atoms with Gasteiger partial charge >= 0.3 is 6.18 Å². The molecule has 0 fully saturated rings. The Morgan fingerprint density at radius 2 is 2.07 bits per heavy atom. The minimum atomic E-state index is -4.65. The number of pyridine rings is 1. The smallest absolute Gasteiger partial charge is 0.365 e. The number of fused-ring (bicyclic) bond motifs is 2. The molecule has 0 spiro atoms. The summed E-state index contributed by atoms with van der Waals surface area (Å²) in [6.45, 7) is 1.43. The highest BCUT2D eigenvalue weighted by molar-refractivity contribution is 7.21. The van der Waals surface area contributed by atoms with Crippen LogP contribution in [-0.2, 0) is 6.18 Å². The maximum Gasteiger partial charge on any atom is 0.433 e. The fourth-order valence-corrected chi connectivity index (χ4v) is 3.95. The third-order valence-corrected chi connectivity index (χ3v) is 5.23. The van der Waals surface area contributed by atoms with E-state index in [1.165, 1.54) is 23.8 Å². The first-order valence-corrected chi connectivity index (χ1v) is 8.89. The van der Waals surface area contributed by atoms with E-state index in [2.05, 4.69) is 20.4 Å². The van der Waals surface area contributed by atoms with Crippen LogP contribution in [0.15, 0.2) is 30.7 Å². The number of amides is 2. The van der Waals surface area contributed by atoms with E-state index >= 15 is 0 Å². The summed E-state index contributed by atoms with van der Waals surface area (Å²) in [7, 11) is 0. The zero-order valence-electron chi connectivity index (χ0n) is 14.6. The number of carbonyl (C=O) groups is 2. The number of thiophene rings is 1. The SMILES string of the molecule is Cc1cc(C(F)(F)F)nc2sc(C(N)=O)c(NC(=O)c3cnn4cccnc34)c12. The van der Waals surface area contributed by atoms with Crippen LogP contribution in [-0.4, -0.2) is 31.4 Å². The summed E-state index contributed by atoms with van der Waals surface area (Å²) in [4.78, 5) is 32.2. The van der Waals surface area contributed by atoms with Gasteiger partial charge in [0.25, 0.3) is 11.8 Å². The number of hydrogen-bond acceptors (Lipinski definition) is 6. The number of aryl methyl sites for hydroxylation is 1. The van der Waals surface area contributed by atoms with Gasteiger partial charge in [-0.25, -0.2) is 14.5 Å². The molecule has 0 bridgehead atoms. The third kappa shape index (κ3) is 3.16. The Morgan fingerprint density at radius 1 is 1.31 bits per heavy atom. The molecule has 4 rings (SSSR count). The van der Waals surface area contributed by atoms with Gasteiger partial charge in [-0.1, -0.05) is 0 Å². The van der Waals surface area contributed by atoms with Gasteiger partial charge in [0.05, 0.1) is 11.9 Å². The van der Waals surface area contributed by atoms with Crippen molar-refractivity contribution in [3.8, 4) is 0 Å². The summed E-state index contributed by atoms with van der Waals surface area (Å²) in [5.41, 5.74) is 4.89. The summed E-state index contributed by atoms with van der Waals surface area (Å²) < 4.78 is 40.6. The number of halogens is 3. The average molecular weight is 420 g/mol. The van der Waals surface area contributed by atoms with Crippen molar-refractivity contribution in [1.82, 2.24) is 19.6 Å². The van der Waals surface area contributed by atoms with Gasteiger partial charge in [-0.15, -0.1) is 11.3 Å². The number of alkyl halides is 3. The number of primary amides is 1. The second-order valence-corrected chi connectivity index (χ2v) is 7.07. The van der Waals surface area contributed by atoms with Crippen LogP contribution < -0.4 is 11.1 Å². The molecule has 0 saturated carbocycles. The van der Waals surface area contributed by atoms with Gasteiger partial charge in [-0.05, 0) is 24.6 Å². The number of nitrogens with zero attached hydrogens (tertiary/aromatic N) is 4. The van der Waals surface area contributed by atoms with E-state index in [4.69, 9.17) is 5.73 Å². The molecule has 0 saturated heterocycles. The quantitative estimate of drug-likeness (QED) is 0.529. The van der Waals surface area contributed by atoms with Crippen LogP contribution in [0.1, 0.15) is 31.3 Å². The highest BCUT2D eigenvalue weighted by Gasteiger charge is 2.34. The lowest BCUT2D eigenvalue weighted by molar-refractivity contribution is -0.141. The highest BCUT2D eigenvalue weighted by atomic mass is 32.1. The molecular weight excluding hydrogens is 409 g/mol. The van der Waals surface area contributed by atoms with Crippen molar-refractivity contribution in [3.63, 3.8) is 0 Å². The van der Waals surface area contributed by atoms with E-state index in [-0.39, 0.29) is 37.6 Å². The van der Waals surface area contributed by atoms with Crippen LogP contribution in [0.3, 0.4) is 0 Å². The maximum atomic E-state index is 13.1. The fourth-order valence-electron chi connectivity index (χ4n) is 2.89. The lowest BCUT2D eigenvalue weighted by Crippen LogP contribution is -2.17. The monoisotopic (exact) mass is 420 g/mol. The zero-order chi connectivity index (χ0) is 20.9. The van der Waals surface area contributed by atoms with Crippen LogP contribution in [0.4, 0.5) is 18.9 Å². The van der Waals surface area contributed by atoms with Gasteiger partial charge in [0, 0.05) is 17.8 Å². The second kappa shape index (κ2) is 6.51. The molecule has 0 aliphatic heterocycles. The van der Waals surface area contributed by atoms with Gasteiger partial charge < -0.3 is 11.1 Å². The number of carbonyl (C=O) groups excluding carboxylic acids is 2. The van der Waals surface area contributed by atoms with E-state index < -0.39 is 23.7 Å². The largest absolute Gasteiger partial charge is 0.433 e. The van der Waals surface area contributed by atoms with E-state index in [0.717, 1.165) is 6.07 Å². The van der Waals surface area contributed by atoms with Crippen molar-refractivity contribution in [2.75, 3.05) is 5.32 Å². The Morgan fingerprint density at radius 3 is 2.76 bits per heavy atom. The van der Waals surface area contributed by atoms with Gasteiger partial charge in [0.1, 0.15) is 21.0 Å². The minimum Gasteiger partial charge on any atom is -0.365 e. The Balaban J connectivity index is 1.85. The van der Waals surface area contributed by atoms with Crippen LogP contribution >= 0.6 is 11.3 Å². The standard InChI is InChI=1S/C17H11F3N6O2S/c1-7-5-9(17(18,19)20)24-16-10(7)11(12(29-16)13(21)27)25-15(28)8-6-23-26-4-2-3-22-14(8)26/h2-6H,1H3,(H2,21,27)(H,25,28). The van der Waals surface area contributed by atoms with E-state index in [1.54, 1.807) is 12.3 Å². The first-order chi connectivity index (χ1) is 13.7. The van der Waals surface area contributed by atoms with Crippen LogP contribution in [0, 0.1) is 6.92 Å². The second-order valence-electron chi connectivity index (χ2n) is 6.07. The van der Waals surface area contributed by atoms with Crippen molar-refractivity contribution < 1.29 is 22.8 Å². The molecule has 4 aromatic rings. The van der Waals surface area contributed by atoms with E-state index in [0.29, 0.717) is 11.3 Å². The summed E-state index contributed by atoms with van der Waals surface area (Å²) in [5, 5.41) is 6.79. The topological polar surface area (TPSA) is 115 Å². The molecule has 0 aliphatic carbocycles. The summed E-state index contributed by atoms with van der Waals surface area (Å²) in [5.74, 6) is -1.53. The Bertz CT molecular complexity index is 1290. The molecule has 3 N–H and O–H groups in total. The van der Waals surface area contributed by atoms with Crippen molar-refractivity contribution in [2.24, 2.45) is 5.73 Å². The number of aromatic nitrogens is 4. The van der Waals surface area contributed by atoms with Crippen molar-refractivity contribution in [3.05, 3.63) is 52.4 Å². The lowest BCUT2D eigenvalue weighted by atomic mass is 10.1. The fraction of sp³-hybridized carbons (Fsp3) is 0.118. The van der Waals surface area contributed by atoms with Crippen LogP contribution in [0.2, 0.25) is 0 Å². The summed E-state index contributed by atoms with van der Waals surface area (Å²) >= 11 is 0.682. The molecule has 12 heteroatoms. The third-order valence-electron chi connectivity index (χ3n) is 4.14. The molecule has 0 aliphatic rings. The van der Waals surface area contributed by atoms with Crippen molar-refractivity contribution in [2.45, 2.75) is 13.1 Å². The summed E-state index contributed by atoms with van der Waals surface area (Å²) in [6, 6.07) is 2.49. The zero-order valence-corrected chi connectivity index (χ0v) is 15.4. The Hall–Kier alpha value is -3.54.